The Labute approximate surface area is 195 Å². The summed E-state index contributed by atoms with van der Waals surface area (Å²) in [6.45, 7) is 2.71. The zero-order valence-electron chi connectivity index (χ0n) is 18.4. The monoisotopic (exact) mass is 464 g/mol. The van der Waals surface area contributed by atoms with Gasteiger partial charge in [-0.1, -0.05) is 37.6 Å². The number of aliphatic hydroxyl groups is 1. The van der Waals surface area contributed by atoms with Crippen molar-refractivity contribution in [1.82, 2.24) is 4.98 Å². The van der Waals surface area contributed by atoms with E-state index >= 15 is 0 Å². The standard InChI is InChI=1S/C25H24N2O5S/c1-3-4-13-32-18-10-8-16(9-11-18)21-20(22(28)17-6-5-7-19(15-17)31-2)23(29)24(30)27(21)25-26-12-14-33-25/h5-12,14-15,21,28H,3-4,13H2,1-2H3. The van der Waals surface area contributed by atoms with Gasteiger partial charge in [-0.3, -0.25) is 14.5 Å². The van der Waals surface area contributed by atoms with E-state index in [1.807, 2.05) is 0 Å². The van der Waals surface area contributed by atoms with Gasteiger partial charge in [0.2, 0.25) is 0 Å². The van der Waals surface area contributed by atoms with Crippen molar-refractivity contribution < 1.29 is 24.2 Å². The van der Waals surface area contributed by atoms with Gasteiger partial charge in [0, 0.05) is 17.1 Å². The van der Waals surface area contributed by atoms with Gasteiger partial charge in [-0.15, -0.1) is 11.3 Å². The van der Waals surface area contributed by atoms with Gasteiger partial charge in [0.1, 0.15) is 17.3 Å². The van der Waals surface area contributed by atoms with E-state index in [9.17, 15) is 14.7 Å². The summed E-state index contributed by atoms with van der Waals surface area (Å²) in [7, 11) is 1.52. The summed E-state index contributed by atoms with van der Waals surface area (Å²) in [5.74, 6) is -0.537. The fourth-order valence-corrected chi connectivity index (χ4v) is 4.35. The molecule has 1 amide bonds. The van der Waals surface area contributed by atoms with Gasteiger partial charge in [-0.05, 0) is 36.2 Å². The smallest absolute Gasteiger partial charge is 0.301 e. The van der Waals surface area contributed by atoms with Gasteiger partial charge in [-0.25, -0.2) is 4.98 Å². The third-order valence-electron chi connectivity index (χ3n) is 5.38. The maximum absolute atomic E-state index is 13.1. The maximum atomic E-state index is 13.1. The molecule has 1 atom stereocenters. The minimum absolute atomic E-state index is 0.00287. The van der Waals surface area contributed by atoms with E-state index in [2.05, 4.69) is 11.9 Å². The first-order chi connectivity index (χ1) is 16.0. The Morgan fingerprint density at radius 3 is 2.61 bits per heavy atom. The van der Waals surface area contributed by atoms with Crippen LogP contribution in [-0.2, 0) is 9.59 Å². The van der Waals surface area contributed by atoms with E-state index < -0.39 is 17.7 Å². The van der Waals surface area contributed by atoms with Crippen molar-refractivity contribution in [2.45, 2.75) is 25.8 Å². The molecule has 3 aromatic rings. The number of carbonyl (C=O) groups excluding carboxylic acids is 2. The van der Waals surface area contributed by atoms with Gasteiger partial charge < -0.3 is 14.6 Å². The molecule has 33 heavy (non-hydrogen) atoms. The van der Waals surface area contributed by atoms with Gasteiger partial charge in [0.05, 0.1) is 25.3 Å². The fourth-order valence-electron chi connectivity index (χ4n) is 3.69. The van der Waals surface area contributed by atoms with Crippen molar-refractivity contribution in [1.29, 1.82) is 0 Å². The maximum Gasteiger partial charge on any atom is 0.301 e. The van der Waals surface area contributed by atoms with Crippen LogP contribution in [0.15, 0.2) is 65.7 Å². The highest BCUT2D eigenvalue weighted by molar-refractivity contribution is 7.14. The summed E-state index contributed by atoms with van der Waals surface area (Å²) in [5.41, 5.74) is 1.05. The second-order valence-corrected chi connectivity index (χ2v) is 8.36. The van der Waals surface area contributed by atoms with Crippen molar-refractivity contribution in [3.8, 4) is 11.5 Å². The van der Waals surface area contributed by atoms with Crippen molar-refractivity contribution in [3.63, 3.8) is 0 Å². The molecule has 1 saturated heterocycles. The molecule has 1 aromatic heterocycles. The molecule has 1 fully saturated rings. The number of rotatable bonds is 8. The fraction of sp³-hybridized carbons (Fsp3) is 0.240. The predicted molar refractivity (Wildman–Crippen MR) is 127 cm³/mol. The van der Waals surface area contributed by atoms with Crippen LogP contribution < -0.4 is 14.4 Å². The molecule has 2 aromatic carbocycles. The Balaban J connectivity index is 1.80. The summed E-state index contributed by atoms with van der Waals surface area (Å²) in [4.78, 5) is 31.7. The zero-order chi connectivity index (χ0) is 23.4. The number of unbranched alkanes of at least 4 members (excludes halogenated alkanes) is 1. The normalized spacial score (nSPS) is 17.4. The SMILES string of the molecule is CCCCOc1ccc(C2C(=C(O)c3cccc(OC)c3)C(=O)C(=O)N2c2nccs2)cc1. The summed E-state index contributed by atoms with van der Waals surface area (Å²) < 4.78 is 11.0. The van der Waals surface area contributed by atoms with Gasteiger partial charge in [-0.2, -0.15) is 0 Å². The van der Waals surface area contributed by atoms with E-state index in [1.54, 1.807) is 60.1 Å². The minimum atomic E-state index is -0.827. The molecule has 7 nitrogen and oxygen atoms in total. The Bertz CT molecular complexity index is 1170. The number of anilines is 1. The number of nitrogens with zero attached hydrogens (tertiary/aromatic N) is 2. The van der Waals surface area contributed by atoms with Crippen LogP contribution in [0.25, 0.3) is 5.76 Å². The topological polar surface area (TPSA) is 89.0 Å². The molecule has 0 aliphatic carbocycles. The van der Waals surface area contributed by atoms with Crippen LogP contribution in [-0.4, -0.2) is 35.5 Å². The van der Waals surface area contributed by atoms with Crippen molar-refractivity contribution in [3.05, 3.63) is 76.8 Å². The van der Waals surface area contributed by atoms with Crippen molar-refractivity contribution in [2.75, 3.05) is 18.6 Å². The van der Waals surface area contributed by atoms with Crippen LogP contribution >= 0.6 is 11.3 Å². The van der Waals surface area contributed by atoms with E-state index in [4.69, 9.17) is 9.47 Å². The second-order valence-electron chi connectivity index (χ2n) is 7.49. The number of ether oxygens (including phenoxy) is 2. The van der Waals surface area contributed by atoms with Crippen LogP contribution in [0.3, 0.4) is 0 Å². The molecule has 0 spiro atoms. The zero-order valence-corrected chi connectivity index (χ0v) is 19.2. The molecule has 0 bridgehead atoms. The molecule has 8 heteroatoms. The molecule has 1 aliphatic heterocycles. The van der Waals surface area contributed by atoms with E-state index in [-0.39, 0.29) is 11.3 Å². The first kappa shape index (κ1) is 22.5. The molecular weight excluding hydrogens is 440 g/mol. The second kappa shape index (κ2) is 9.87. The molecule has 0 saturated carbocycles. The number of ketones is 1. The summed E-state index contributed by atoms with van der Waals surface area (Å²) in [6.07, 6.45) is 3.56. The van der Waals surface area contributed by atoms with Crippen molar-refractivity contribution in [2.24, 2.45) is 0 Å². The van der Waals surface area contributed by atoms with Crippen LogP contribution in [0.2, 0.25) is 0 Å². The largest absolute Gasteiger partial charge is 0.507 e. The van der Waals surface area contributed by atoms with Crippen LogP contribution in [0, 0.1) is 0 Å². The van der Waals surface area contributed by atoms with E-state index in [1.165, 1.54) is 23.3 Å². The van der Waals surface area contributed by atoms with Gasteiger partial charge in [0.25, 0.3) is 5.78 Å². The molecule has 170 valence electrons. The average Bonchev–Trinajstić information content (AvgIpc) is 3.46. The molecule has 0 radical (unpaired) electrons. The number of aromatic nitrogens is 1. The van der Waals surface area contributed by atoms with Crippen LogP contribution in [0.4, 0.5) is 5.13 Å². The van der Waals surface area contributed by atoms with E-state index in [0.29, 0.717) is 34.4 Å². The number of aliphatic hydroxyl groups excluding tert-OH is 1. The third-order valence-corrected chi connectivity index (χ3v) is 6.15. The molecule has 4 rings (SSSR count). The number of thiazole rings is 1. The average molecular weight is 465 g/mol. The number of amides is 1. The molecule has 1 N–H and O–H groups in total. The van der Waals surface area contributed by atoms with Crippen LogP contribution in [0.5, 0.6) is 11.5 Å². The summed E-state index contributed by atoms with van der Waals surface area (Å²) >= 11 is 1.25. The number of benzene rings is 2. The number of methoxy groups -OCH3 is 1. The molecule has 2 heterocycles. The van der Waals surface area contributed by atoms with Gasteiger partial charge in [0.15, 0.2) is 5.13 Å². The highest BCUT2D eigenvalue weighted by Crippen LogP contribution is 2.43. The molecule has 1 unspecified atom stereocenters. The number of hydrogen-bond donors (Lipinski definition) is 1. The lowest BCUT2D eigenvalue weighted by Crippen LogP contribution is -2.29. The van der Waals surface area contributed by atoms with E-state index in [0.717, 1.165) is 12.8 Å². The van der Waals surface area contributed by atoms with Crippen molar-refractivity contribution >= 4 is 33.9 Å². The Hall–Kier alpha value is -3.65. The first-order valence-electron chi connectivity index (χ1n) is 10.6. The lowest BCUT2D eigenvalue weighted by molar-refractivity contribution is -0.132. The first-order valence-corrected chi connectivity index (χ1v) is 11.5. The quantitative estimate of drug-likeness (QED) is 0.219. The van der Waals surface area contributed by atoms with Gasteiger partial charge >= 0.3 is 5.91 Å². The molecular formula is C25H24N2O5S. The molecule has 1 aliphatic rings. The van der Waals surface area contributed by atoms with Crippen LogP contribution in [0.1, 0.15) is 36.9 Å². The number of Topliss-reactive ketones (excluding diaryl/α,β-unsaturated/α-hetero) is 1. The summed E-state index contributed by atoms with van der Waals surface area (Å²) in [5, 5.41) is 13.3. The third kappa shape index (κ3) is 4.47. The Kier molecular flexibility index (Phi) is 6.74. The highest BCUT2D eigenvalue weighted by Gasteiger charge is 2.48. The lowest BCUT2D eigenvalue weighted by Gasteiger charge is -2.23. The number of carbonyl (C=O) groups is 2. The Morgan fingerprint density at radius 1 is 1.15 bits per heavy atom. The minimum Gasteiger partial charge on any atom is -0.507 e. The predicted octanol–water partition coefficient (Wildman–Crippen LogP) is 4.96. The lowest BCUT2D eigenvalue weighted by atomic mass is 9.95. The number of hydrogen-bond acceptors (Lipinski definition) is 7. The highest BCUT2D eigenvalue weighted by atomic mass is 32.1. The summed E-state index contributed by atoms with van der Waals surface area (Å²) in [6, 6.07) is 13.1. The Morgan fingerprint density at radius 2 is 1.94 bits per heavy atom.